The quantitative estimate of drug-likeness (QED) is 0.787. The van der Waals surface area contributed by atoms with Crippen molar-refractivity contribution in [3.63, 3.8) is 0 Å². The van der Waals surface area contributed by atoms with Gasteiger partial charge in [0.1, 0.15) is 12.4 Å². The number of hydrogen-bond acceptors (Lipinski definition) is 2. The van der Waals surface area contributed by atoms with Crippen molar-refractivity contribution in [3.05, 3.63) is 66.0 Å². The number of para-hydroxylation sites is 2. The van der Waals surface area contributed by atoms with Gasteiger partial charge in [-0.1, -0.05) is 42.5 Å². The number of fused-ring (bicyclic) bond motifs is 1. The molecule has 1 aromatic heterocycles. The van der Waals surface area contributed by atoms with Crippen molar-refractivity contribution in [1.82, 2.24) is 14.9 Å². The molecular formula is C19H21N3O. The van der Waals surface area contributed by atoms with Crippen molar-refractivity contribution in [2.24, 2.45) is 0 Å². The minimum absolute atomic E-state index is 0.0115. The van der Waals surface area contributed by atoms with E-state index >= 15 is 0 Å². The largest absolute Gasteiger partial charge is 0.352 e. The summed E-state index contributed by atoms with van der Waals surface area (Å²) < 4.78 is 2.01. The normalized spacial score (nSPS) is 11.1. The van der Waals surface area contributed by atoms with E-state index in [0.29, 0.717) is 13.0 Å². The van der Waals surface area contributed by atoms with Crippen molar-refractivity contribution in [2.75, 3.05) is 0 Å². The van der Waals surface area contributed by atoms with Gasteiger partial charge in [-0.15, -0.1) is 0 Å². The molecule has 3 rings (SSSR count). The maximum absolute atomic E-state index is 12.2. The molecule has 3 aromatic rings. The van der Waals surface area contributed by atoms with Gasteiger partial charge in [-0.2, -0.15) is 0 Å². The molecule has 0 unspecified atom stereocenters. The lowest BCUT2D eigenvalue weighted by Crippen LogP contribution is -2.33. The Balaban J connectivity index is 1.96. The van der Waals surface area contributed by atoms with Crippen LogP contribution in [0.25, 0.3) is 11.0 Å². The first-order valence-corrected chi connectivity index (χ1v) is 7.91. The number of benzene rings is 2. The molecule has 0 aliphatic heterocycles. The first kappa shape index (κ1) is 15.3. The fraction of sp³-hybridized carbons (Fsp3) is 0.263. The fourth-order valence-electron chi connectivity index (χ4n) is 2.73. The molecule has 2 aromatic carbocycles. The summed E-state index contributed by atoms with van der Waals surface area (Å²) in [5.41, 5.74) is 3.11. The smallest absolute Gasteiger partial charge is 0.240 e. The molecule has 118 valence electrons. The van der Waals surface area contributed by atoms with Gasteiger partial charge < -0.3 is 9.88 Å². The molecule has 0 atom stereocenters. The first-order chi connectivity index (χ1) is 11.1. The second kappa shape index (κ2) is 6.65. The Labute approximate surface area is 136 Å². The summed E-state index contributed by atoms with van der Waals surface area (Å²) >= 11 is 0. The summed E-state index contributed by atoms with van der Waals surface area (Å²) in [6, 6.07) is 18.3. The Morgan fingerprint density at radius 2 is 1.78 bits per heavy atom. The van der Waals surface area contributed by atoms with Crippen molar-refractivity contribution >= 4 is 16.9 Å². The zero-order valence-electron chi connectivity index (χ0n) is 13.5. The van der Waals surface area contributed by atoms with E-state index in [9.17, 15) is 4.79 Å². The number of rotatable bonds is 5. The highest BCUT2D eigenvalue weighted by Crippen LogP contribution is 2.18. The summed E-state index contributed by atoms with van der Waals surface area (Å²) in [7, 11) is 0. The molecule has 0 bridgehead atoms. The Morgan fingerprint density at radius 1 is 1.09 bits per heavy atom. The topological polar surface area (TPSA) is 46.9 Å². The zero-order valence-corrected chi connectivity index (χ0v) is 13.5. The maximum Gasteiger partial charge on any atom is 0.240 e. The Bertz CT molecular complexity index is 806. The standard InChI is InChI=1S/C19H21N3O/c1-14(2)20-19(23)13-22-17-11-7-6-10-16(17)21-18(22)12-15-8-4-3-5-9-15/h3-11,14H,12-13H2,1-2H3,(H,20,23). The van der Waals surface area contributed by atoms with Crippen molar-refractivity contribution in [2.45, 2.75) is 32.9 Å². The van der Waals surface area contributed by atoms with Crippen LogP contribution in [0.2, 0.25) is 0 Å². The molecular weight excluding hydrogens is 286 g/mol. The van der Waals surface area contributed by atoms with Crippen molar-refractivity contribution in [1.29, 1.82) is 0 Å². The zero-order chi connectivity index (χ0) is 16.2. The van der Waals surface area contributed by atoms with E-state index in [-0.39, 0.29) is 11.9 Å². The summed E-state index contributed by atoms with van der Waals surface area (Å²) in [5.74, 6) is 0.925. The molecule has 0 aliphatic carbocycles. The summed E-state index contributed by atoms with van der Waals surface area (Å²) in [6.45, 7) is 4.23. The average Bonchev–Trinajstić information content (AvgIpc) is 2.85. The van der Waals surface area contributed by atoms with Crippen LogP contribution in [0.15, 0.2) is 54.6 Å². The molecule has 0 spiro atoms. The summed E-state index contributed by atoms with van der Waals surface area (Å²) in [6.07, 6.45) is 0.713. The SMILES string of the molecule is CC(C)NC(=O)Cn1c(Cc2ccccc2)nc2ccccc21. The molecule has 0 radical (unpaired) electrons. The molecule has 4 heteroatoms. The first-order valence-electron chi connectivity index (χ1n) is 7.91. The Hall–Kier alpha value is -2.62. The van der Waals surface area contributed by atoms with Crippen LogP contribution in [0, 0.1) is 0 Å². The van der Waals surface area contributed by atoms with E-state index in [1.54, 1.807) is 0 Å². The predicted molar refractivity (Wildman–Crippen MR) is 92.3 cm³/mol. The second-order valence-electron chi connectivity index (χ2n) is 5.99. The van der Waals surface area contributed by atoms with Crippen LogP contribution in [0.5, 0.6) is 0 Å². The van der Waals surface area contributed by atoms with Gasteiger partial charge in [-0.05, 0) is 31.5 Å². The van der Waals surface area contributed by atoms with E-state index in [1.807, 2.05) is 60.9 Å². The average molecular weight is 307 g/mol. The summed E-state index contributed by atoms with van der Waals surface area (Å²) in [5, 5.41) is 2.95. The molecule has 1 heterocycles. The highest BCUT2D eigenvalue weighted by atomic mass is 16.2. The molecule has 1 N–H and O–H groups in total. The van der Waals surface area contributed by atoms with Crippen molar-refractivity contribution in [3.8, 4) is 0 Å². The number of imidazole rings is 1. The van der Waals surface area contributed by atoms with Crippen molar-refractivity contribution < 1.29 is 4.79 Å². The molecule has 0 saturated heterocycles. The third-order valence-corrected chi connectivity index (χ3v) is 3.69. The van der Waals surface area contributed by atoms with E-state index in [2.05, 4.69) is 17.4 Å². The minimum atomic E-state index is 0.0115. The number of nitrogens with zero attached hydrogens (tertiary/aromatic N) is 2. The number of nitrogens with one attached hydrogen (secondary N) is 1. The number of carbonyl (C=O) groups is 1. The number of amides is 1. The Kier molecular flexibility index (Phi) is 4.42. The highest BCUT2D eigenvalue weighted by Gasteiger charge is 2.14. The predicted octanol–water partition coefficient (Wildman–Crippen LogP) is 3.15. The van der Waals surface area contributed by atoms with Crippen LogP contribution in [0.1, 0.15) is 25.2 Å². The van der Waals surface area contributed by atoms with Gasteiger partial charge in [0.05, 0.1) is 11.0 Å². The van der Waals surface area contributed by atoms with Crippen LogP contribution < -0.4 is 5.32 Å². The third-order valence-electron chi connectivity index (χ3n) is 3.69. The van der Waals surface area contributed by atoms with E-state index < -0.39 is 0 Å². The lowest BCUT2D eigenvalue weighted by molar-refractivity contribution is -0.122. The fourth-order valence-corrected chi connectivity index (χ4v) is 2.73. The van der Waals surface area contributed by atoms with Gasteiger partial charge in [0, 0.05) is 12.5 Å². The highest BCUT2D eigenvalue weighted by molar-refractivity contribution is 5.81. The molecule has 0 fully saturated rings. The number of hydrogen-bond donors (Lipinski definition) is 1. The van der Waals surface area contributed by atoms with E-state index in [1.165, 1.54) is 5.56 Å². The van der Waals surface area contributed by atoms with Gasteiger partial charge in [-0.3, -0.25) is 4.79 Å². The van der Waals surface area contributed by atoms with E-state index in [0.717, 1.165) is 16.9 Å². The lowest BCUT2D eigenvalue weighted by atomic mass is 10.1. The van der Waals surface area contributed by atoms with Gasteiger partial charge >= 0.3 is 0 Å². The van der Waals surface area contributed by atoms with Gasteiger partial charge in [0.2, 0.25) is 5.91 Å². The van der Waals surface area contributed by atoms with Gasteiger partial charge in [0.25, 0.3) is 0 Å². The van der Waals surface area contributed by atoms with Crippen LogP contribution in [-0.2, 0) is 17.8 Å². The van der Waals surface area contributed by atoms with Gasteiger partial charge in [0.15, 0.2) is 0 Å². The molecule has 4 nitrogen and oxygen atoms in total. The van der Waals surface area contributed by atoms with E-state index in [4.69, 9.17) is 4.98 Å². The lowest BCUT2D eigenvalue weighted by Gasteiger charge is -2.12. The minimum Gasteiger partial charge on any atom is -0.352 e. The van der Waals surface area contributed by atoms with Crippen LogP contribution in [0.4, 0.5) is 0 Å². The summed E-state index contributed by atoms with van der Waals surface area (Å²) in [4.78, 5) is 16.9. The van der Waals surface area contributed by atoms with Gasteiger partial charge in [-0.25, -0.2) is 4.98 Å². The molecule has 23 heavy (non-hydrogen) atoms. The number of aromatic nitrogens is 2. The third kappa shape index (κ3) is 3.59. The molecule has 0 saturated carbocycles. The van der Waals surface area contributed by atoms with Crippen LogP contribution in [0.3, 0.4) is 0 Å². The Morgan fingerprint density at radius 3 is 2.52 bits per heavy atom. The maximum atomic E-state index is 12.2. The molecule has 1 amide bonds. The van der Waals surface area contributed by atoms with Crippen LogP contribution in [-0.4, -0.2) is 21.5 Å². The second-order valence-corrected chi connectivity index (χ2v) is 5.99. The molecule has 0 aliphatic rings. The van der Waals surface area contributed by atoms with Crippen LogP contribution >= 0.6 is 0 Å². The number of carbonyl (C=O) groups excluding carboxylic acids is 1. The monoisotopic (exact) mass is 307 g/mol.